The van der Waals surface area contributed by atoms with Gasteiger partial charge in [-0.05, 0) is 35.6 Å². The van der Waals surface area contributed by atoms with E-state index >= 15 is 0 Å². The van der Waals surface area contributed by atoms with Gasteiger partial charge < -0.3 is 9.84 Å². The Morgan fingerprint density at radius 3 is 2.74 bits per heavy atom. The van der Waals surface area contributed by atoms with Crippen molar-refractivity contribution < 1.29 is 18.6 Å². The Hall–Kier alpha value is -1.34. The van der Waals surface area contributed by atoms with Crippen LogP contribution in [0.4, 0.5) is 8.78 Å². The van der Waals surface area contributed by atoms with E-state index in [4.69, 9.17) is 4.74 Å². The van der Waals surface area contributed by atoms with Gasteiger partial charge in [-0.25, -0.2) is 8.78 Å². The number of β-amino-alcohol motifs (C(OH)–C–C–N with tert-alkyl or cyclic N) is 1. The summed E-state index contributed by atoms with van der Waals surface area (Å²) >= 11 is 1.61. The van der Waals surface area contributed by atoms with Crippen LogP contribution in [0, 0.1) is 11.6 Å². The summed E-state index contributed by atoms with van der Waals surface area (Å²) in [6.45, 7) is 2.03. The van der Waals surface area contributed by atoms with E-state index in [0.717, 1.165) is 10.9 Å². The number of aliphatic hydroxyl groups excluding tert-OH is 1. The molecular weight excluding hydrogens is 320 g/mol. The Labute approximate surface area is 138 Å². The highest BCUT2D eigenvalue weighted by atomic mass is 32.1. The van der Waals surface area contributed by atoms with Gasteiger partial charge in [0.15, 0.2) is 0 Å². The van der Waals surface area contributed by atoms with Crippen LogP contribution in [0.25, 0.3) is 0 Å². The molecule has 0 spiro atoms. The van der Waals surface area contributed by atoms with Crippen molar-refractivity contribution >= 4 is 11.3 Å². The zero-order chi connectivity index (χ0) is 16.2. The van der Waals surface area contributed by atoms with E-state index in [1.807, 2.05) is 22.4 Å². The van der Waals surface area contributed by atoms with Crippen LogP contribution in [-0.4, -0.2) is 35.8 Å². The molecule has 0 bridgehead atoms. The smallest absolute Gasteiger partial charge is 0.128 e. The lowest BCUT2D eigenvalue weighted by atomic mass is 9.98. The molecule has 6 heteroatoms. The fourth-order valence-electron chi connectivity index (χ4n) is 2.85. The fraction of sp³-hybridized carbons (Fsp3) is 0.412. The lowest BCUT2D eigenvalue weighted by Gasteiger charge is -2.30. The van der Waals surface area contributed by atoms with E-state index in [1.165, 1.54) is 6.07 Å². The van der Waals surface area contributed by atoms with Crippen molar-refractivity contribution in [2.45, 2.75) is 25.7 Å². The Morgan fingerprint density at radius 2 is 2.00 bits per heavy atom. The number of rotatable bonds is 6. The van der Waals surface area contributed by atoms with Gasteiger partial charge in [0.25, 0.3) is 0 Å². The van der Waals surface area contributed by atoms with Gasteiger partial charge in [-0.2, -0.15) is 0 Å². The quantitative estimate of drug-likeness (QED) is 0.878. The SMILES string of the molecule is OC(COCc1cccs1)CN1CCc2c(F)ccc(F)c2C1. The molecule has 0 aliphatic carbocycles. The summed E-state index contributed by atoms with van der Waals surface area (Å²) < 4.78 is 33.0. The van der Waals surface area contributed by atoms with E-state index in [0.29, 0.717) is 43.8 Å². The second kappa shape index (κ2) is 7.49. The molecule has 3 rings (SSSR count). The lowest BCUT2D eigenvalue weighted by molar-refractivity contribution is 0.00821. The van der Waals surface area contributed by atoms with Crippen LogP contribution in [0.5, 0.6) is 0 Å². The second-order valence-corrected chi connectivity index (χ2v) is 6.75. The largest absolute Gasteiger partial charge is 0.389 e. The van der Waals surface area contributed by atoms with Crippen LogP contribution >= 0.6 is 11.3 Å². The highest BCUT2D eigenvalue weighted by Crippen LogP contribution is 2.24. The third-order valence-electron chi connectivity index (χ3n) is 3.98. The maximum absolute atomic E-state index is 13.8. The van der Waals surface area contributed by atoms with Crippen LogP contribution in [0.1, 0.15) is 16.0 Å². The standard InChI is InChI=1S/C17H19F2NO2S/c18-16-3-4-17(19)15-9-20(6-5-14(15)16)8-12(21)10-22-11-13-2-1-7-23-13/h1-4,7,12,21H,5-6,8-11H2. The Morgan fingerprint density at radius 1 is 1.22 bits per heavy atom. The maximum Gasteiger partial charge on any atom is 0.128 e. The molecule has 1 unspecified atom stereocenters. The highest BCUT2D eigenvalue weighted by Gasteiger charge is 2.23. The van der Waals surface area contributed by atoms with Gasteiger partial charge in [0, 0.05) is 30.1 Å². The fourth-order valence-corrected chi connectivity index (χ4v) is 3.49. The number of benzene rings is 1. The molecular formula is C17H19F2NO2S. The van der Waals surface area contributed by atoms with Gasteiger partial charge in [0.1, 0.15) is 11.6 Å². The molecule has 3 nitrogen and oxygen atoms in total. The van der Waals surface area contributed by atoms with E-state index in [2.05, 4.69) is 0 Å². The molecule has 1 atom stereocenters. The zero-order valence-corrected chi connectivity index (χ0v) is 13.5. The second-order valence-electron chi connectivity index (χ2n) is 5.72. The number of fused-ring (bicyclic) bond motifs is 1. The molecule has 1 aliphatic rings. The molecule has 0 saturated heterocycles. The minimum atomic E-state index is -0.645. The minimum Gasteiger partial charge on any atom is -0.389 e. The molecule has 0 radical (unpaired) electrons. The topological polar surface area (TPSA) is 32.7 Å². The molecule has 124 valence electrons. The van der Waals surface area contributed by atoms with Gasteiger partial charge in [0.05, 0.1) is 19.3 Å². The molecule has 0 saturated carbocycles. The number of thiophene rings is 1. The van der Waals surface area contributed by atoms with Gasteiger partial charge in [0.2, 0.25) is 0 Å². The van der Waals surface area contributed by atoms with E-state index in [1.54, 1.807) is 11.3 Å². The predicted molar refractivity (Wildman–Crippen MR) is 85.3 cm³/mol. The van der Waals surface area contributed by atoms with Crippen LogP contribution in [0.2, 0.25) is 0 Å². The van der Waals surface area contributed by atoms with Crippen molar-refractivity contribution in [3.8, 4) is 0 Å². The summed E-state index contributed by atoms with van der Waals surface area (Å²) in [4.78, 5) is 3.05. The van der Waals surface area contributed by atoms with Gasteiger partial charge in [-0.1, -0.05) is 6.07 Å². The van der Waals surface area contributed by atoms with Crippen LogP contribution < -0.4 is 0 Å². The number of nitrogens with zero attached hydrogens (tertiary/aromatic N) is 1. The van der Waals surface area contributed by atoms with Crippen molar-refractivity contribution in [3.63, 3.8) is 0 Å². The first-order chi connectivity index (χ1) is 11.1. The lowest BCUT2D eigenvalue weighted by Crippen LogP contribution is -2.39. The van der Waals surface area contributed by atoms with Gasteiger partial charge in [-0.3, -0.25) is 4.90 Å². The maximum atomic E-state index is 13.8. The van der Waals surface area contributed by atoms with Crippen LogP contribution in [0.15, 0.2) is 29.6 Å². The van der Waals surface area contributed by atoms with Crippen molar-refractivity contribution in [2.24, 2.45) is 0 Å². The van der Waals surface area contributed by atoms with Crippen molar-refractivity contribution in [2.75, 3.05) is 19.7 Å². The summed E-state index contributed by atoms with van der Waals surface area (Å²) in [5.74, 6) is -0.726. The molecule has 2 heterocycles. The van der Waals surface area contributed by atoms with Crippen molar-refractivity contribution in [1.29, 1.82) is 0 Å². The molecule has 1 aromatic carbocycles. The molecule has 0 amide bonds. The molecule has 23 heavy (non-hydrogen) atoms. The average Bonchev–Trinajstić information content (AvgIpc) is 3.04. The number of halogens is 2. The number of hydrogen-bond acceptors (Lipinski definition) is 4. The van der Waals surface area contributed by atoms with E-state index in [9.17, 15) is 13.9 Å². The Bertz CT molecular complexity index is 648. The predicted octanol–water partition coefficient (Wildman–Crippen LogP) is 2.96. The first-order valence-electron chi connectivity index (χ1n) is 7.60. The molecule has 0 fully saturated rings. The summed E-state index contributed by atoms with van der Waals surface area (Å²) in [5.41, 5.74) is 0.868. The Balaban J connectivity index is 1.50. The first-order valence-corrected chi connectivity index (χ1v) is 8.47. The van der Waals surface area contributed by atoms with E-state index in [-0.39, 0.29) is 18.2 Å². The summed E-state index contributed by atoms with van der Waals surface area (Å²) in [7, 11) is 0. The molecule has 2 aromatic rings. The monoisotopic (exact) mass is 339 g/mol. The van der Waals surface area contributed by atoms with Crippen LogP contribution in [0.3, 0.4) is 0 Å². The third kappa shape index (κ3) is 4.14. The van der Waals surface area contributed by atoms with Crippen LogP contribution in [-0.2, 0) is 24.3 Å². The minimum absolute atomic E-state index is 0.229. The number of hydrogen-bond donors (Lipinski definition) is 1. The molecule has 1 N–H and O–H groups in total. The third-order valence-corrected chi connectivity index (χ3v) is 4.83. The summed E-state index contributed by atoms with van der Waals surface area (Å²) in [6.07, 6.45) is -0.185. The Kier molecular flexibility index (Phi) is 5.38. The first kappa shape index (κ1) is 16.5. The zero-order valence-electron chi connectivity index (χ0n) is 12.7. The average molecular weight is 339 g/mol. The summed E-state index contributed by atoms with van der Waals surface area (Å²) in [6, 6.07) is 6.28. The van der Waals surface area contributed by atoms with Crippen molar-refractivity contribution in [1.82, 2.24) is 4.90 Å². The molecule has 1 aliphatic heterocycles. The number of aliphatic hydroxyl groups is 1. The normalized spacial score (nSPS) is 16.3. The van der Waals surface area contributed by atoms with Gasteiger partial charge >= 0.3 is 0 Å². The molecule has 1 aromatic heterocycles. The van der Waals surface area contributed by atoms with Gasteiger partial charge in [-0.15, -0.1) is 11.3 Å². The van der Waals surface area contributed by atoms with Crippen molar-refractivity contribution in [3.05, 3.63) is 57.3 Å². The highest BCUT2D eigenvalue weighted by molar-refractivity contribution is 7.09. The van der Waals surface area contributed by atoms with E-state index < -0.39 is 6.10 Å². The number of ether oxygens (including phenoxy) is 1. The summed E-state index contributed by atoms with van der Waals surface area (Å²) in [5, 5.41) is 12.1.